The zero-order valence-electron chi connectivity index (χ0n) is 16.4. The van der Waals surface area contributed by atoms with Crippen molar-refractivity contribution in [1.29, 1.82) is 0 Å². The Morgan fingerprint density at radius 2 is 1.54 bits per heavy atom. The molecule has 8 heteroatoms. The molecule has 142 valence electrons. The number of hydrogen-bond donors (Lipinski definition) is 4. The van der Waals surface area contributed by atoms with Crippen LogP contribution in [0, 0.1) is 0 Å². The predicted octanol–water partition coefficient (Wildman–Crippen LogP) is 0.657. The van der Waals surface area contributed by atoms with Gasteiger partial charge in [-0.15, -0.1) is 0 Å². The molecule has 0 fully saturated rings. The van der Waals surface area contributed by atoms with Crippen molar-refractivity contribution in [3.8, 4) is 5.75 Å². The van der Waals surface area contributed by atoms with Crippen molar-refractivity contribution in [1.82, 2.24) is 0 Å². The van der Waals surface area contributed by atoms with E-state index in [1.165, 1.54) is 0 Å². The summed E-state index contributed by atoms with van der Waals surface area (Å²) in [5.74, 6) is -0.797. The minimum Gasteiger partial charge on any atom is -1.00 e. The fraction of sp³-hybridized carbons (Fsp3) is 0.150. The van der Waals surface area contributed by atoms with Crippen LogP contribution in [0.5, 0.6) is 5.75 Å². The molecule has 0 atom stereocenters. The molecule has 0 aromatic heterocycles. The topological polar surface area (TPSA) is 127 Å². The third kappa shape index (κ3) is 6.84. The Kier molecular flexibility index (Phi) is 9.44. The number of rotatable bonds is 4. The molecule has 2 aromatic carbocycles. The second-order valence-corrected chi connectivity index (χ2v) is 5.73. The summed E-state index contributed by atoms with van der Waals surface area (Å²) in [6.07, 6.45) is -0.605. The number of nitrogens with zero attached hydrogens (tertiary/aromatic N) is 1. The molecule has 4 N–H and O–H groups in total. The number of aliphatic imine (C=N–C) groups is 1. The largest absolute Gasteiger partial charge is 1.00 e. The van der Waals surface area contributed by atoms with Gasteiger partial charge in [-0.3, -0.25) is 4.99 Å². The number of phenolic OH excluding ortho intramolecular Hbond substituents is 1. The maximum Gasteiger partial charge on any atom is 1.00 e. The molecule has 0 saturated carbocycles. The summed E-state index contributed by atoms with van der Waals surface area (Å²) < 4.78 is 0. The minimum absolute atomic E-state index is 0. The van der Waals surface area contributed by atoms with Crippen molar-refractivity contribution in [3.05, 3.63) is 71.3 Å². The van der Waals surface area contributed by atoms with E-state index < -0.39 is 12.1 Å². The molecule has 1 aliphatic heterocycles. The quantitative estimate of drug-likeness (QED) is 0.565. The van der Waals surface area contributed by atoms with Gasteiger partial charge in [-0.05, 0) is 40.8 Å². The number of carbonyl (C=O) groups is 2. The van der Waals surface area contributed by atoms with E-state index >= 15 is 0 Å². The van der Waals surface area contributed by atoms with E-state index in [-0.39, 0.29) is 42.4 Å². The van der Waals surface area contributed by atoms with E-state index in [9.17, 15) is 15.0 Å². The Balaban J connectivity index is 0.00000120. The molecule has 0 saturated heterocycles. The van der Waals surface area contributed by atoms with Crippen LogP contribution in [-0.2, 0) is 11.2 Å². The summed E-state index contributed by atoms with van der Waals surface area (Å²) in [4.78, 5) is 24.3. The van der Waals surface area contributed by atoms with Crippen LogP contribution in [0.15, 0.2) is 65.2 Å². The predicted molar refractivity (Wildman–Crippen MR) is 101 cm³/mol. The smallest absolute Gasteiger partial charge is 1.00 e. The molecule has 2 aromatic rings. The average Bonchev–Trinajstić information content (AvgIpc) is 2.63. The Morgan fingerprint density at radius 3 is 2.07 bits per heavy atom. The summed E-state index contributed by atoms with van der Waals surface area (Å²) in [5, 5.41) is 32.9. The molecule has 1 heterocycles. The van der Waals surface area contributed by atoms with Crippen LogP contribution in [-0.4, -0.2) is 44.8 Å². The summed E-state index contributed by atoms with van der Waals surface area (Å²) >= 11 is 0. The Morgan fingerprint density at radius 1 is 0.964 bits per heavy atom. The maximum atomic E-state index is 11.6. The van der Waals surface area contributed by atoms with Gasteiger partial charge in [0, 0.05) is 13.0 Å². The average molecular weight is 393 g/mol. The summed E-state index contributed by atoms with van der Waals surface area (Å²) in [7, 11) is 0. The second-order valence-electron chi connectivity index (χ2n) is 5.73. The van der Waals surface area contributed by atoms with E-state index in [0.717, 1.165) is 22.3 Å². The molecule has 0 aliphatic carbocycles. The van der Waals surface area contributed by atoms with Crippen LogP contribution >= 0.6 is 0 Å². The molecular weight excluding hydrogens is 373 g/mol. The Bertz CT molecular complexity index is 878. The number of phenols is 1. The van der Waals surface area contributed by atoms with Crippen LogP contribution in [0.2, 0.25) is 0 Å². The first kappa shape index (κ1) is 23.4. The molecule has 0 spiro atoms. The minimum atomic E-state index is -1.83. The van der Waals surface area contributed by atoms with Crippen LogP contribution in [0.25, 0.3) is 5.57 Å². The Labute approximate surface area is 185 Å². The van der Waals surface area contributed by atoms with Crippen molar-refractivity contribution in [2.75, 3.05) is 6.54 Å². The Hall–Kier alpha value is -2.61. The van der Waals surface area contributed by atoms with Gasteiger partial charge in [0.1, 0.15) is 11.5 Å². The standard InChI is InChI=1S/C19H17NO3.CH2O3.Na.H/c21-15-8-6-14(7-9-15)16-10-11-20-18(19(22)23)17(16)12-13-4-2-1-3-5-13;2-1(3)4;;/h1-9,21H,10-12H2,(H,22,23);(H2,2,3,4);;/q;;+1;-1. The van der Waals surface area contributed by atoms with Gasteiger partial charge in [-0.2, -0.15) is 0 Å². The summed E-state index contributed by atoms with van der Waals surface area (Å²) in [6.45, 7) is 0.468. The number of aliphatic carboxylic acids is 1. The van der Waals surface area contributed by atoms with Crippen molar-refractivity contribution >= 4 is 23.4 Å². The molecule has 28 heavy (non-hydrogen) atoms. The first-order chi connectivity index (χ1) is 12.9. The zero-order valence-corrected chi connectivity index (χ0v) is 17.4. The van der Waals surface area contributed by atoms with Gasteiger partial charge >= 0.3 is 41.7 Å². The molecule has 3 rings (SSSR count). The van der Waals surface area contributed by atoms with Gasteiger partial charge in [0.15, 0.2) is 0 Å². The first-order valence-electron chi connectivity index (χ1n) is 8.14. The van der Waals surface area contributed by atoms with Crippen LogP contribution < -0.4 is 29.6 Å². The fourth-order valence-corrected chi connectivity index (χ4v) is 2.84. The van der Waals surface area contributed by atoms with Crippen molar-refractivity contribution in [3.63, 3.8) is 0 Å². The summed E-state index contributed by atoms with van der Waals surface area (Å²) in [6, 6.07) is 16.7. The van der Waals surface area contributed by atoms with Crippen molar-refractivity contribution in [2.24, 2.45) is 4.99 Å². The monoisotopic (exact) mass is 393 g/mol. The normalized spacial score (nSPS) is 12.8. The van der Waals surface area contributed by atoms with Crippen LogP contribution in [0.4, 0.5) is 4.79 Å². The number of carboxylic acid groups (broad SMARTS) is 3. The maximum absolute atomic E-state index is 11.6. The number of carboxylic acids is 1. The van der Waals surface area contributed by atoms with Gasteiger partial charge < -0.3 is 21.9 Å². The van der Waals surface area contributed by atoms with Gasteiger partial charge in [-0.1, -0.05) is 42.5 Å². The molecule has 0 radical (unpaired) electrons. The van der Waals surface area contributed by atoms with Crippen LogP contribution in [0.1, 0.15) is 19.0 Å². The molecule has 0 bridgehead atoms. The van der Waals surface area contributed by atoms with Crippen molar-refractivity contribution < 1.29 is 61.0 Å². The molecular formula is C20H20NNaO6. The number of aromatic hydroxyl groups is 1. The van der Waals surface area contributed by atoms with E-state index in [1.54, 1.807) is 12.1 Å². The van der Waals surface area contributed by atoms with E-state index in [4.69, 9.17) is 15.0 Å². The van der Waals surface area contributed by atoms with E-state index in [1.807, 2.05) is 42.5 Å². The van der Waals surface area contributed by atoms with Gasteiger partial charge in [-0.25, -0.2) is 9.59 Å². The third-order valence-electron chi connectivity index (χ3n) is 3.92. The third-order valence-corrected chi connectivity index (χ3v) is 3.92. The van der Waals surface area contributed by atoms with Gasteiger partial charge in [0.2, 0.25) is 0 Å². The SMILES string of the molecule is O=C(O)C1=NCCC(c2ccc(O)cc2)=C1Cc1ccccc1.O=C(O)O.[H-].[Na+]. The molecule has 7 nitrogen and oxygen atoms in total. The first-order valence-corrected chi connectivity index (χ1v) is 8.14. The zero-order chi connectivity index (χ0) is 19.8. The number of dihydropyridines is 1. The number of benzene rings is 2. The van der Waals surface area contributed by atoms with Crippen LogP contribution in [0.3, 0.4) is 0 Å². The molecule has 1 aliphatic rings. The molecule has 0 amide bonds. The van der Waals surface area contributed by atoms with Gasteiger partial charge in [0.05, 0.1) is 0 Å². The van der Waals surface area contributed by atoms with E-state index in [2.05, 4.69) is 4.99 Å². The molecule has 0 unspecified atom stereocenters. The van der Waals surface area contributed by atoms with Crippen molar-refractivity contribution in [2.45, 2.75) is 12.8 Å². The fourth-order valence-electron chi connectivity index (χ4n) is 2.84. The van der Waals surface area contributed by atoms with E-state index in [0.29, 0.717) is 19.4 Å². The second kappa shape index (κ2) is 11.3. The summed E-state index contributed by atoms with van der Waals surface area (Å²) in [5.41, 5.74) is 3.86. The van der Waals surface area contributed by atoms with Gasteiger partial charge in [0.25, 0.3) is 0 Å². The number of hydrogen-bond acceptors (Lipinski definition) is 4.